The first-order chi connectivity index (χ1) is 13.2. The maximum absolute atomic E-state index is 12.4. The lowest BCUT2D eigenvalue weighted by Crippen LogP contribution is -2.45. The van der Waals surface area contributed by atoms with Gasteiger partial charge in [-0.3, -0.25) is 4.79 Å². The molecular formula is C21H25N3O2S. The van der Waals surface area contributed by atoms with Crippen LogP contribution in [0.15, 0.2) is 54.6 Å². The van der Waals surface area contributed by atoms with Gasteiger partial charge >= 0.3 is 0 Å². The van der Waals surface area contributed by atoms with Gasteiger partial charge in [0.2, 0.25) is 5.91 Å². The highest BCUT2D eigenvalue weighted by Gasteiger charge is 2.26. The fourth-order valence-electron chi connectivity index (χ4n) is 3.14. The van der Waals surface area contributed by atoms with E-state index in [1.165, 1.54) is 0 Å². The van der Waals surface area contributed by atoms with Crippen LogP contribution in [0.3, 0.4) is 0 Å². The molecule has 0 bridgehead atoms. The van der Waals surface area contributed by atoms with Crippen LogP contribution in [-0.4, -0.2) is 36.1 Å². The van der Waals surface area contributed by atoms with E-state index in [2.05, 4.69) is 15.5 Å². The monoisotopic (exact) mass is 383 g/mol. The average molecular weight is 384 g/mol. The van der Waals surface area contributed by atoms with Crippen LogP contribution in [0.1, 0.15) is 18.4 Å². The second-order valence-electron chi connectivity index (χ2n) is 6.62. The number of hydrogen-bond donors (Lipinski definition) is 2. The molecule has 0 unspecified atom stereocenters. The zero-order valence-corrected chi connectivity index (χ0v) is 16.3. The Morgan fingerprint density at radius 2 is 1.78 bits per heavy atom. The van der Waals surface area contributed by atoms with E-state index in [-0.39, 0.29) is 11.8 Å². The predicted octanol–water partition coefficient (Wildman–Crippen LogP) is 3.42. The molecule has 1 fully saturated rings. The summed E-state index contributed by atoms with van der Waals surface area (Å²) in [6.07, 6.45) is 1.62. The van der Waals surface area contributed by atoms with Crippen molar-refractivity contribution in [2.75, 3.05) is 25.5 Å². The van der Waals surface area contributed by atoms with Gasteiger partial charge in [0.15, 0.2) is 5.11 Å². The third kappa shape index (κ3) is 5.44. The molecule has 0 saturated carbocycles. The fourth-order valence-corrected chi connectivity index (χ4v) is 3.40. The van der Waals surface area contributed by atoms with E-state index in [4.69, 9.17) is 17.0 Å². The number of anilines is 1. The topological polar surface area (TPSA) is 53.6 Å². The fraction of sp³-hybridized carbons (Fsp3) is 0.333. The summed E-state index contributed by atoms with van der Waals surface area (Å²) in [5, 5.41) is 7.04. The minimum atomic E-state index is 0.0332. The van der Waals surface area contributed by atoms with Gasteiger partial charge in [-0.2, -0.15) is 0 Å². The minimum Gasteiger partial charge on any atom is -0.497 e. The average Bonchev–Trinajstić information content (AvgIpc) is 2.73. The van der Waals surface area contributed by atoms with Gasteiger partial charge in [0.25, 0.3) is 0 Å². The molecule has 1 aliphatic heterocycles. The Kier molecular flexibility index (Phi) is 6.65. The predicted molar refractivity (Wildman–Crippen MR) is 112 cm³/mol. The molecule has 5 nitrogen and oxygen atoms in total. The normalized spacial score (nSPS) is 14.5. The maximum atomic E-state index is 12.4. The van der Waals surface area contributed by atoms with E-state index in [1.807, 2.05) is 54.6 Å². The minimum absolute atomic E-state index is 0.0332. The largest absolute Gasteiger partial charge is 0.497 e. The van der Waals surface area contributed by atoms with Crippen LogP contribution in [0.5, 0.6) is 5.75 Å². The summed E-state index contributed by atoms with van der Waals surface area (Å²) < 4.78 is 5.17. The molecule has 2 N–H and O–H groups in total. The molecule has 1 heterocycles. The molecule has 0 aliphatic carbocycles. The van der Waals surface area contributed by atoms with Crippen molar-refractivity contribution in [2.24, 2.45) is 5.92 Å². The number of methoxy groups -OCH3 is 1. The molecule has 142 valence electrons. The summed E-state index contributed by atoms with van der Waals surface area (Å²) in [6.45, 7) is 2.26. The number of nitrogens with zero attached hydrogens (tertiary/aromatic N) is 1. The number of amides is 1. The number of benzene rings is 2. The molecule has 1 saturated heterocycles. The van der Waals surface area contributed by atoms with Crippen molar-refractivity contribution >= 4 is 28.9 Å². The quantitative estimate of drug-likeness (QED) is 0.775. The number of carbonyl (C=O) groups is 1. The van der Waals surface area contributed by atoms with E-state index in [0.717, 1.165) is 48.0 Å². The molecule has 2 aromatic rings. The Balaban J connectivity index is 1.42. The Morgan fingerprint density at radius 3 is 2.41 bits per heavy atom. The number of piperidine rings is 1. The molecule has 1 amide bonds. The van der Waals surface area contributed by atoms with Crippen LogP contribution in [0.2, 0.25) is 0 Å². The summed E-state index contributed by atoms with van der Waals surface area (Å²) in [7, 11) is 1.66. The SMILES string of the molecule is COc1ccc(CNC(=S)N2CCC(C(=O)Nc3ccccc3)CC2)cc1. The summed E-state index contributed by atoms with van der Waals surface area (Å²) in [6, 6.07) is 17.5. The number of thiocarbonyl (C=S) groups is 1. The molecule has 0 atom stereocenters. The van der Waals surface area contributed by atoms with Gasteiger partial charge in [0.1, 0.15) is 5.75 Å². The number of carbonyl (C=O) groups excluding carboxylic acids is 1. The summed E-state index contributed by atoms with van der Waals surface area (Å²) >= 11 is 5.52. The number of rotatable bonds is 5. The van der Waals surface area contributed by atoms with Gasteiger partial charge in [-0.05, 0) is 54.9 Å². The van der Waals surface area contributed by atoms with E-state index in [9.17, 15) is 4.79 Å². The molecule has 0 radical (unpaired) electrons. The highest BCUT2D eigenvalue weighted by molar-refractivity contribution is 7.80. The second kappa shape index (κ2) is 9.37. The van der Waals surface area contributed by atoms with Crippen LogP contribution < -0.4 is 15.4 Å². The number of ether oxygens (including phenoxy) is 1. The highest BCUT2D eigenvalue weighted by atomic mass is 32.1. The first kappa shape index (κ1) is 19.2. The van der Waals surface area contributed by atoms with Crippen molar-refractivity contribution < 1.29 is 9.53 Å². The first-order valence-electron chi connectivity index (χ1n) is 9.17. The summed E-state index contributed by atoms with van der Waals surface area (Å²) in [5.74, 6) is 0.973. The van der Waals surface area contributed by atoms with Gasteiger partial charge in [0, 0.05) is 31.2 Å². The lowest BCUT2D eigenvalue weighted by molar-refractivity contribution is -0.120. The molecule has 27 heavy (non-hydrogen) atoms. The molecule has 3 rings (SSSR count). The van der Waals surface area contributed by atoms with Crippen LogP contribution in [0.25, 0.3) is 0 Å². The Bertz CT molecular complexity index is 757. The third-order valence-corrected chi connectivity index (χ3v) is 5.20. The van der Waals surface area contributed by atoms with Gasteiger partial charge in [-0.25, -0.2) is 0 Å². The summed E-state index contributed by atoms with van der Waals surface area (Å²) in [4.78, 5) is 14.6. The van der Waals surface area contributed by atoms with Crippen LogP contribution in [0.4, 0.5) is 5.69 Å². The van der Waals surface area contributed by atoms with Crippen LogP contribution >= 0.6 is 12.2 Å². The van der Waals surface area contributed by atoms with E-state index < -0.39 is 0 Å². The van der Waals surface area contributed by atoms with Crippen molar-refractivity contribution in [1.29, 1.82) is 0 Å². The Labute approximate surface area is 165 Å². The van der Waals surface area contributed by atoms with Crippen molar-refractivity contribution in [3.63, 3.8) is 0 Å². The van der Waals surface area contributed by atoms with Crippen LogP contribution in [0, 0.1) is 5.92 Å². The summed E-state index contributed by atoms with van der Waals surface area (Å²) in [5.41, 5.74) is 2.00. The zero-order valence-electron chi connectivity index (χ0n) is 15.5. The third-order valence-electron chi connectivity index (χ3n) is 4.80. The Hall–Kier alpha value is -2.60. The zero-order chi connectivity index (χ0) is 19.1. The van der Waals surface area contributed by atoms with E-state index in [0.29, 0.717) is 6.54 Å². The smallest absolute Gasteiger partial charge is 0.227 e. The molecule has 0 spiro atoms. The number of nitrogens with one attached hydrogen (secondary N) is 2. The van der Waals surface area contributed by atoms with E-state index in [1.54, 1.807) is 7.11 Å². The first-order valence-corrected chi connectivity index (χ1v) is 9.58. The highest BCUT2D eigenvalue weighted by Crippen LogP contribution is 2.20. The Morgan fingerprint density at radius 1 is 1.11 bits per heavy atom. The number of hydrogen-bond acceptors (Lipinski definition) is 3. The number of para-hydroxylation sites is 1. The van der Waals surface area contributed by atoms with Crippen molar-refractivity contribution in [3.05, 3.63) is 60.2 Å². The van der Waals surface area contributed by atoms with Gasteiger partial charge in [-0.15, -0.1) is 0 Å². The lowest BCUT2D eigenvalue weighted by Gasteiger charge is -2.33. The maximum Gasteiger partial charge on any atom is 0.227 e. The van der Waals surface area contributed by atoms with Crippen LogP contribution in [-0.2, 0) is 11.3 Å². The van der Waals surface area contributed by atoms with Crippen molar-refractivity contribution in [1.82, 2.24) is 10.2 Å². The van der Waals surface area contributed by atoms with Gasteiger partial charge < -0.3 is 20.3 Å². The molecule has 6 heteroatoms. The van der Waals surface area contributed by atoms with Gasteiger partial charge in [0.05, 0.1) is 7.11 Å². The number of likely N-dealkylation sites (tertiary alicyclic amines) is 1. The van der Waals surface area contributed by atoms with Crippen molar-refractivity contribution in [2.45, 2.75) is 19.4 Å². The molecule has 0 aromatic heterocycles. The molecule has 1 aliphatic rings. The molecular weight excluding hydrogens is 358 g/mol. The standard InChI is InChI=1S/C21H25N3O2S/c1-26-19-9-7-16(8-10-19)15-22-21(27)24-13-11-17(12-14-24)20(25)23-18-5-3-2-4-6-18/h2-10,17H,11-15H2,1H3,(H,22,27)(H,23,25). The lowest BCUT2D eigenvalue weighted by atomic mass is 9.96. The van der Waals surface area contributed by atoms with Crippen molar-refractivity contribution in [3.8, 4) is 5.75 Å². The molecule has 2 aromatic carbocycles. The van der Waals surface area contributed by atoms with E-state index >= 15 is 0 Å². The second-order valence-corrected chi connectivity index (χ2v) is 7.01. The van der Waals surface area contributed by atoms with Gasteiger partial charge in [-0.1, -0.05) is 30.3 Å².